The molecule has 0 heterocycles. The highest BCUT2D eigenvalue weighted by Gasteiger charge is 2.34. The molecule has 1 amide bonds. The highest BCUT2D eigenvalue weighted by molar-refractivity contribution is 5.70. The van der Waals surface area contributed by atoms with Crippen LogP contribution in [0.2, 0.25) is 0 Å². The zero-order chi connectivity index (χ0) is 13.9. The third-order valence-corrected chi connectivity index (χ3v) is 2.87. The van der Waals surface area contributed by atoms with Crippen LogP contribution in [0.5, 0.6) is 0 Å². The van der Waals surface area contributed by atoms with Gasteiger partial charge in [0.1, 0.15) is 5.60 Å². The number of aliphatic hydroxyl groups excluding tert-OH is 1. The standard InChI is InChI=1S/C12H21NO5/c1-12(2,3)18-11(17)13-8-5-4-7(10(15)16)6-9(8)14/h7-9,14H,4-6H2,1-3H3,(H,13,17)(H,15,16)/t7?,8-,9?/m0/s1. The number of amides is 1. The summed E-state index contributed by atoms with van der Waals surface area (Å²) in [7, 11) is 0. The van der Waals surface area contributed by atoms with Gasteiger partial charge in [0.2, 0.25) is 0 Å². The molecule has 1 aliphatic rings. The summed E-state index contributed by atoms with van der Waals surface area (Å²) < 4.78 is 5.09. The largest absolute Gasteiger partial charge is 0.481 e. The number of nitrogens with one attached hydrogen (secondary N) is 1. The molecule has 104 valence electrons. The molecule has 6 heteroatoms. The van der Waals surface area contributed by atoms with Gasteiger partial charge in [0.25, 0.3) is 0 Å². The Hall–Kier alpha value is -1.30. The number of carboxylic acids is 1. The number of aliphatic hydroxyl groups is 1. The van der Waals surface area contributed by atoms with E-state index in [4.69, 9.17) is 9.84 Å². The molecule has 6 nitrogen and oxygen atoms in total. The topological polar surface area (TPSA) is 95.9 Å². The van der Waals surface area contributed by atoms with Crippen LogP contribution >= 0.6 is 0 Å². The molecule has 2 unspecified atom stereocenters. The minimum Gasteiger partial charge on any atom is -0.481 e. The first-order valence-electron chi connectivity index (χ1n) is 6.09. The van der Waals surface area contributed by atoms with Crippen LogP contribution in [0.1, 0.15) is 40.0 Å². The van der Waals surface area contributed by atoms with Crippen LogP contribution in [-0.2, 0) is 9.53 Å². The van der Waals surface area contributed by atoms with Crippen LogP contribution in [0.15, 0.2) is 0 Å². The molecule has 0 aromatic heterocycles. The third kappa shape index (κ3) is 4.52. The van der Waals surface area contributed by atoms with Crippen molar-refractivity contribution in [2.75, 3.05) is 0 Å². The summed E-state index contributed by atoms with van der Waals surface area (Å²) >= 11 is 0. The molecule has 1 fully saturated rings. The fourth-order valence-corrected chi connectivity index (χ4v) is 2.00. The van der Waals surface area contributed by atoms with Crippen molar-refractivity contribution in [1.82, 2.24) is 5.32 Å². The number of alkyl carbamates (subject to hydrolysis) is 1. The van der Waals surface area contributed by atoms with E-state index in [1.807, 2.05) is 0 Å². The van der Waals surface area contributed by atoms with Crippen molar-refractivity contribution in [2.24, 2.45) is 5.92 Å². The molecule has 3 N–H and O–H groups in total. The predicted molar refractivity (Wildman–Crippen MR) is 64.1 cm³/mol. The number of hydrogen-bond donors (Lipinski definition) is 3. The molecule has 1 rings (SSSR count). The summed E-state index contributed by atoms with van der Waals surface area (Å²) in [5.74, 6) is -1.43. The molecule has 0 aromatic carbocycles. The van der Waals surface area contributed by atoms with Gasteiger partial charge in [0.05, 0.1) is 18.1 Å². The summed E-state index contributed by atoms with van der Waals surface area (Å²) in [6, 6.07) is -0.435. The molecule has 0 saturated heterocycles. The second-order valence-electron chi connectivity index (χ2n) is 5.67. The Bertz CT molecular complexity index is 323. The monoisotopic (exact) mass is 259 g/mol. The van der Waals surface area contributed by atoms with Gasteiger partial charge in [0.15, 0.2) is 0 Å². The number of carbonyl (C=O) groups excluding carboxylic acids is 1. The lowest BCUT2D eigenvalue weighted by Gasteiger charge is -2.32. The predicted octanol–water partition coefficient (Wildman–Crippen LogP) is 1.13. The number of ether oxygens (including phenoxy) is 1. The van der Waals surface area contributed by atoms with Gasteiger partial charge in [-0.3, -0.25) is 4.79 Å². The average Bonchev–Trinajstić information content (AvgIpc) is 2.17. The maximum absolute atomic E-state index is 11.5. The molecule has 3 atom stereocenters. The maximum Gasteiger partial charge on any atom is 0.407 e. The van der Waals surface area contributed by atoms with Crippen molar-refractivity contribution < 1.29 is 24.5 Å². The lowest BCUT2D eigenvalue weighted by molar-refractivity contribution is -0.144. The maximum atomic E-state index is 11.5. The molecule has 0 radical (unpaired) electrons. The Labute approximate surface area is 106 Å². The van der Waals surface area contributed by atoms with Gasteiger partial charge in [-0.1, -0.05) is 0 Å². The zero-order valence-corrected chi connectivity index (χ0v) is 11.0. The lowest BCUT2D eigenvalue weighted by atomic mass is 9.84. The van der Waals surface area contributed by atoms with Crippen LogP contribution in [0.3, 0.4) is 0 Å². The zero-order valence-electron chi connectivity index (χ0n) is 11.0. The fourth-order valence-electron chi connectivity index (χ4n) is 2.00. The second-order valence-corrected chi connectivity index (χ2v) is 5.67. The van der Waals surface area contributed by atoms with Crippen molar-refractivity contribution in [2.45, 2.75) is 57.8 Å². The summed E-state index contributed by atoms with van der Waals surface area (Å²) in [4.78, 5) is 22.3. The molecule has 0 aromatic rings. The molecule has 0 bridgehead atoms. The van der Waals surface area contributed by atoms with Crippen molar-refractivity contribution in [3.8, 4) is 0 Å². The van der Waals surface area contributed by atoms with E-state index < -0.39 is 35.7 Å². The molecular formula is C12H21NO5. The number of rotatable bonds is 2. The summed E-state index contributed by atoms with van der Waals surface area (Å²) in [6.07, 6.45) is -0.368. The number of hydrogen-bond acceptors (Lipinski definition) is 4. The van der Waals surface area contributed by atoms with Gasteiger partial charge in [0, 0.05) is 0 Å². The Morgan fingerprint density at radius 1 is 1.28 bits per heavy atom. The Balaban J connectivity index is 2.45. The van der Waals surface area contributed by atoms with Crippen molar-refractivity contribution in [3.63, 3.8) is 0 Å². The fraction of sp³-hybridized carbons (Fsp3) is 0.833. The van der Waals surface area contributed by atoms with Crippen LogP contribution < -0.4 is 5.32 Å². The molecular weight excluding hydrogens is 238 g/mol. The molecule has 0 aliphatic heterocycles. The van der Waals surface area contributed by atoms with Gasteiger partial charge >= 0.3 is 12.1 Å². The Morgan fingerprint density at radius 2 is 1.89 bits per heavy atom. The number of carbonyl (C=O) groups is 2. The van der Waals surface area contributed by atoms with Crippen LogP contribution in [-0.4, -0.2) is 40.0 Å². The minimum atomic E-state index is -0.898. The summed E-state index contributed by atoms with van der Waals surface area (Å²) in [6.45, 7) is 5.26. The Morgan fingerprint density at radius 3 is 2.33 bits per heavy atom. The van der Waals surface area contributed by atoms with Crippen molar-refractivity contribution in [1.29, 1.82) is 0 Å². The normalized spacial score (nSPS) is 28.6. The average molecular weight is 259 g/mol. The van der Waals surface area contributed by atoms with E-state index in [0.717, 1.165) is 0 Å². The van der Waals surface area contributed by atoms with Gasteiger partial charge in [-0.05, 0) is 40.0 Å². The smallest absolute Gasteiger partial charge is 0.407 e. The summed E-state index contributed by atoms with van der Waals surface area (Å²) in [5, 5.41) is 21.2. The molecule has 0 spiro atoms. The third-order valence-electron chi connectivity index (χ3n) is 2.87. The van der Waals surface area contributed by atoms with Crippen LogP contribution in [0.4, 0.5) is 4.79 Å². The van der Waals surface area contributed by atoms with E-state index in [2.05, 4.69) is 5.32 Å². The molecule has 1 saturated carbocycles. The van der Waals surface area contributed by atoms with Crippen molar-refractivity contribution >= 4 is 12.1 Å². The summed E-state index contributed by atoms with van der Waals surface area (Å²) in [5.41, 5.74) is -0.590. The second kappa shape index (κ2) is 5.56. The highest BCUT2D eigenvalue weighted by Crippen LogP contribution is 2.25. The van der Waals surface area contributed by atoms with Gasteiger partial charge in [-0.25, -0.2) is 4.79 Å². The van der Waals surface area contributed by atoms with Crippen LogP contribution in [0.25, 0.3) is 0 Å². The first kappa shape index (κ1) is 14.8. The van der Waals surface area contributed by atoms with E-state index in [0.29, 0.717) is 12.8 Å². The Kier molecular flexibility index (Phi) is 4.56. The van der Waals surface area contributed by atoms with Crippen LogP contribution in [0, 0.1) is 5.92 Å². The van der Waals surface area contributed by atoms with E-state index in [1.165, 1.54) is 0 Å². The minimum absolute atomic E-state index is 0.162. The van der Waals surface area contributed by atoms with E-state index in [9.17, 15) is 14.7 Å². The highest BCUT2D eigenvalue weighted by atomic mass is 16.6. The van der Waals surface area contributed by atoms with Gasteiger partial charge < -0.3 is 20.3 Å². The number of carboxylic acid groups (broad SMARTS) is 1. The van der Waals surface area contributed by atoms with E-state index >= 15 is 0 Å². The van der Waals surface area contributed by atoms with Gasteiger partial charge in [-0.15, -0.1) is 0 Å². The SMILES string of the molecule is CC(C)(C)OC(=O)N[C@H]1CCC(C(=O)O)CC1O. The number of aliphatic carboxylic acids is 1. The molecule has 1 aliphatic carbocycles. The van der Waals surface area contributed by atoms with Crippen molar-refractivity contribution in [3.05, 3.63) is 0 Å². The quantitative estimate of drug-likeness (QED) is 0.690. The first-order chi connectivity index (χ1) is 8.19. The first-order valence-corrected chi connectivity index (χ1v) is 6.09. The molecule has 18 heavy (non-hydrogen) atoms. The van der Waals surface area contributed by atoms with Gasteiger partial charge in [-0.2, -0.15) is 0 Å². The van der Waals surface area contributed by atoms with E-state index in [1.54, 1.807) is 20.8 Å². The lowest BCUT2D eigenvalue weighted by Crippen LogP contribution is -2.49. The van der Waals surface area contributed by atoms with E-state index in [-0.39, 0.29) is 6.42 Å².